The van der Waals surface area contributed by atoms with Gasteiger partial charge in [-0.3, -0.25) is 4.68 Å². The highest BCUT2D eigenvalue weighted by Crippen LogP contribution is 2.47. The lowest BCUT2D eigenvalue weighted by Gasteiger charge is -2.25. The maximum atomic E-state index is 12.4. The van der Waals surface area contributed by atoms with Gasteiger partial charge in [-0.15, -0.1) is 0 Å². The van der Waals surface area contributed by atoms with Gasteiger partial charge >= 0.3 is 0 Å². The van der Waals surface area contributed by atoms with Gasteiger partial charge in [-0.2, -0.15) is 5.10 Å². The standard InChI is InChI=1S/C13H21N3O2S/c1-8-13(9(2)16(3)14-8)19(17,18)15-12-7-11(12)10-5-4-6-10/h10-12,15H,4-7H2,1-3H3/t11-,12+/m0/s1. The first-order valence-electron chi connectivity index (χ1n) is 6.92. The summed E-state index contributed by atoms with van der Waals surface area (Å²) in [6.07, 6.45) is 4.85. The van der Waals surface area contributed by atoms with E-state index in [0.717, 1.165) is 12.3 Å². The van der Waals surface area contributed by atoms with E-state index in [9.17, 15) is 8.42 Å². The number of aromatic nitrogens is 2. The maximum absolute atomic E-state index is 12.4. The molecule has 3 rings (SSSR count). The van der Waals surface area contributed by atoms with Crippen molar-refractivity contribution in [3.05, 3.63) is 11.4 Å². The summed E-state index contributed by atoms with van der Waals surface area (Å²) in [5.41, 5.74) is 1.28. The number of nitrogens with zero attached hydrogens (tertiary/aromatic N) is 2. The fourth-order valence-electron chi connectivity index (χ4n) is 3.14. The Bertz CT molecular complexity index is 602. The lowest BCUT2D eigenvalue weighted by molar-refractivity contribution is 0.272. The summed E-state index contributed by atoms with van der Waals surface area (Å²) in [4.78, 5) is 0.356. The topological polar surface area (TPSA) is 64.0 Å². The zero-order valence-corrected chi connectivity index (χ0v) is 12.5. The molecule has 0 amide bonds. The van der Waals surface area contributed by atoms with Gasteiger partial charge in [-0.1, -0.05) is 19.3 Å². The molecule has 2 aliphatic rings. The third-order valence-corrected chi connectivity index (χ3v) is 6.35. The average molecular weight is 283 g/mol. The monoisotopic (exact) mass is 283 g/mol. The number of hydrogen-bond acceptors (Lipinski definition) is 3. The molecule has 1 aromatic heterocycles. The molecule has 19 heavy (non-hydrogen) atoms. The minimum Gasteiger partial charge on any atom is -0.271 e. The Hall–Kier alpha value is -0.880. The number of rotatable bonds is 4. The summed E-state index contributed by atoms with van der Waals surface area (Å²) in [6, 6.07) is 0.148. The lowest BCUT2D eigenvalue weighted by Crippen LogP contribution is -2.30. The molecule has 0 bridgehead atoms. The Balaban J connectivity index is 1.76. The highest BCUT2D eigenvalue weighted by atomic mass is 32.2. The zero-order valence-electron chi connectivity index (χ0n) is 11.7. The summed E-state index contributed by atoms with van der Waals surface area (Å²) in [6.45, 7) is 3.54. The third kappa shape index (κ3) is 2.21. The summed E-state index contributed by atoms with van der Waals surface area (Å²) < 4.78 is 29.4. The second-order valence-corrected chi connectivity index (χ2v) is 7.59. The van der Waals surface area contributed by atoms with Crippen molar-refractivity contribution in [1.29, 1.82) is 0 Å². The van der Waals surface area contributed by atoms with Gasteiger partial charge in [0.2, 0.25) is 10.0 Å². The Kier molecular flexibility index (Phi) is 2.98. The molecule has 1 heterocycles. The third-order valence-electron chi connectivity index (χ3n) is 4.61. The van der Waals surface area contributed by atoms with Gasteiger partial charge in [-0.05, 0) is 32.1 Å². The van der Waals surface area contributed by atoms with Crippen molar-refractivity contribution in [2.45, 2.75) is 50.5 Å². The van der Waals surface area contributed by atoms with E-state index in [2.05, 4.69) is 9.82 Å². The predicted molar refractivity (Wildman–Crippen MR) is 72.2 cm³/mol. The van der Waals surface area contributed by atoms with Crippen LogP contribution in [-0.4, -0.2) is 24.2 Å². The predicted octanol–water partition coefficient (Wildman–Crippen LogP) is 1.50. The zero-order chi connectivity index (χ0) is 13.8. The van der Waals surface area contributed by atoms with E-state index in [4.69, 9.17) is 0 Å². The fraction of sp³-hybridized carbons (Fsp3) is 0.769. The molecule has 0 aromatic carbocycles. The molecule has 5 nitrogen and oxygen atoms in total. The van der Waals surface area contributed by atoms with Crippen LogP contribution in [0.5, 0.6) is 0 Å². The van der Waals surface area contributed by atoms with Crippen LogP contribution in [-0.2, 0) is 17.1 Å². The molecule has 2 fully saturated rings. The van der Waals surface area contributed by atoms with Crippen LogP contribution in [0.2, 0.25) is 0 Å². The van der Waals surface area contributed by atoms with Crippen LogP contribution < -0.4 is 4.72 Å². The first-order valence-corrected chi connectivity index (χ1v) is 8.41. The molecule has 2 saturated carbocycles. The van der Waals surface area contributed by atoms with Gasteiger partial charge in [0.25, 0.3) is 0 Å². The minimum absolute atomic E-state index is 0.148. The van der Waals surface area contributed by atoms with E-state index in [1.807, 2.05) is 0 Å². The van der Waals surface area contributed by atoms with Gasteiger partial charge in [0.15, 0.2) is 0 Å². The van der Waals surface area contributed by atoms with Crippen molar-refractivity contribution in [2.24, 2.45) is 18.9 Å². The summed E-state index contributed by atoms with van der Waals surface area (Å²) in [5.74, 6) is 1.32. The molecule has 1 aromatic rings. The van der Waals surface area contributed by atoms with Crippen molar-refractivity contribution in [1.82, 2.24) is 14.5 Å². The van der Waals surface area contributed by atoms with E-state index >= 15 is 0 Å². The first-order chi connectivity index (χ1) is 8.90. The van der Waals surface area contributed by atoms with E-state index < -0.39 is 10.0 Å². The van der Waals surface area contributed by atoms with Gasteiger partial charge in [0.1, 0.15) is 4.90 Å². The van der Waals surface area contributed by atoms with Crippen LogP contribution in [0.25, 0.3) is 0 Å². The molecule has 6 heteroatoms. The Morgan fingerprint density at radius 1 is 1.32 bits per heavy atom. The van der Waals surface area contributed by atoms with Gasteiger partial charge in [-0.25, -0.2) is 13.1 Å². The van der Waals surface area contributed by atoms with E-state index in [1.54, 1.807) is 25.6 Å². The molecular weight excluding hydrogens is 262 g/mol. The van der Waals surface area contributed by atoms with Crippen molar-refractivity contribution < 1.29 is 8.42 Å². The van der Waals surface area contributed by atoms with Crippen molar-refractivity contribution in [2.75, 3.05) is 0 Å². The molecule has 2 aliphatic carbocycles. The second kappa shape index (κ2) is 4.31. The molecule has 0 unspecified atom stereocenters. The largest absolute Gasteiger partial charge is 0.271 e. The van der Waals surface area contributed by atoms with Crippen LogP contribution in [0.4, 0.5) is 0 Å². The Morgan fingerprint density at radius 2 is 2.00 bits per heavy atom. The number of sulfonamides is 1. The van der Waals surface area contributed by atoms with Crippen LogP contribution >= 0.6 is 0 Å². The number of hydrogen-bond donors (Lipinski definition) is 1. The Labute approximate surface area is 114 Å². The quantitative estimate of drug-likeness (QED) is 0.911. The van der Waals surface area contributed by atoms with Crippen LogP contribution in [0.1, 0.15) is 37.1 Å². The molecule has 1 N–H and O–H groups in total. The normalized spacial score (nSPS) is 27.3. The highest BCUT2D eigenvalue weighted by molar-refractivity contribution is 7.89. The molecule has 0 saturated heterocycles. The molecular formula is C13H21N3O2S. The highest BCUT2D eigenvalue weighted by Gasteiger charge is 2.47. The van der Waals surface area contributed by atoms with Gasteiger partial charge in [0, 0.05) is 13.1 Å². The van der Waals surface area contributed by atoms with E-state index in [-0.39, 0.29) is 6.04 Å². The van der Waals surface area contributed by atoms with Gasteiger partial charge < -0.3 is 0 Å². The lowest BCUT2D eigenvalue weighted by atomic mass is 9.81. The molecule has 0 aliphatic heterocycles. The molecule has 106 valence electrons. The van der Waals surface area contributed by atoms with Crippen LogP contribution in [0, 0.1) is 25.7 Å². The Morgan fingerprint density at radius 3 is 2.47 bits per heavy atom. The molecule has 0 radical (unpaired) electrons. The number of aryl methyl sites for hydroxylation is 2. The summed E-state index contributed by atoms with van der Waals surface area (Å²) in [7, 11) is -1.65. The van der Waals surface area contributed by atoms with E-state index in [0.29, 0.717) is 22.2 Å². The average Bonchev–Trinajstić information content (AvgIpc) is 2.85. The van der Waals surface area contributed by atoms with Crippen molar-refractivity contribution >= 4 is 10.0 Å². The molecule has 2 atom stereocenters. The van der Waals surface area contributed by atoms with Crippen LogP contribution in [0.3, 0.4) is 0 Å². The van der Waals surface area contributed by atoms with Gasteiger partial charge in [0.05, 0.1) is 11.4 Å². The summed E-state index contributed by atoms with van der Waals surface area (Å²) in [5, 5.41) is 4.18. The van der Waals surface area contributed by atoms with E-state index in [1.165, 1.54) is 19.3 Å². The second-order valence-electron chi connectivity index (χ2n) is 5.94. The minimum atomic E-state index is -3.42. The number of nitrogens with one attached hydrogen (secondary N) is 1. The maximum Gasteiger partial charge on any atom is 0.244 e. The fourth-order valence-corrected chi connectivity index (χ4v) is 4.88. The van der Waals surface area contributed by atoms with Crippen molar-refractivity contribution in [3.63, 3.8) is 0 Å². The van der Waals surface area contributed by atoms with Crippen LogP contribution in [0.15, 0.2) is 4.90 Å². The van der Waals surface area contributed by atoms with Crippen molar-refractivity contribution in [3.8, 4) is 0 Å². The smallest absolute Gasteiger partial charge is 0.244 e. The SMILES string of the molecule is Cc1nn(C)c(C)c1S(=O)(=O)N[C@@H]1C[C@H]1C1CCC1. The summed E-state index contributed by atoms with van der Waals surface area (Å²) >= 11 is 0. The first kappa shape index (κ1) is 13.1. The molecule has 0 spiro atoms.